The molecule has 1 aromatic carbocycles. The summed E-state index contributed by atoms with van der Waals surface area (Å²) in [5.74, 6) is 0.449. The fraction of sp³-hybridized carbons (Fsp3) is 0.381. The summed E-state index contributed by atoms with van der Waals surface area (Å²) in [5, 5.41) is 2.87. The fourth-order valence-corrected chi connectivity index (χ4v) is 3.10. The maximum atomic E-state index is 12.6. The van der Waals surface area contributed by atoms with E-state index in [0.29, 0.717) is 30.2 Å². The van der Waals surface area contributed by atoms with Gasteiger partial charge in [0.25, 0.3) is 5.91 Å². The van der Waals surface area contributed by atoms with E-state index >= 15 is 0 Å². The lowest BCUT2D eigenvalue weighted by atomic mass is 10.2. The van der Waals surface area contributed by atoms with Crippen LogP contribution in [0, 0.1) is 0 Å². The molecule has 2 heterocycles. The standard InChI is InChI=1S/C21H26N4O3/c1-15(2)28-20-7-5-4-6-18(20)23-21(27)19-9-8-17(14-22-19)25-12-10-24(11-13-25)16(3)26/h4-9,14-15H,10-13H2,1-3H3,(H,23,27). The van der Waals surface area contributed by atoms with Crippen molar-refractivity contribution in [2.24, 2.45) is 0 Å². The first-order chi connectivity index (χ1) is 13.4. The van der Waals surface area contributed by atoms with E-state index in [1.807, 2.05) is 43.0 Å². The second kappa shape index (κ2) is 8.73. The third-order valence-corrected chi connectivity index (χ3v) is 4.57. The fourth-order valence-electron chi connectivity index (χ4n) is 3.10. The number of amides is 2. The Balaban J connectivity index is 1.64. The van der Waals surface area contributed by atoms with Gasteiger partial charge in [0, 0.05) is 33.1 Å². The molecular weight excluding hydrogens is 356 g/mol. The summed E-state index contributed by atoms with van der Waals surface area (Å²) in [6.45, 7) is 8.38. The molecule has 0 aliphatic carbocycles. The number of piperazine rings is 1. The van der Waals surface area contributed by atoms with E-state index in [9.17, 15) is 9.59 Å². The van der Waals surface area contributed by atoms with Gasteiger partial charge in [0.05, 0.1) is 23.7 Å². The van der Waals surface area contributed by atoms with Crippen LogP contribution >= 0.6 is 0 Å². The van der Waals surface area contributed by atoms with Gasteiger partial charge in [0.2, 0.25) is 5.91 Å². The van der Waals surface area contributed by atoms with E-state index in [-0.39, 0.29) is 17.9 Å². The Morgan fingerprint density at radius 3 is 2.39 bits per heavy atom. The van der Waals surface area contributed by atoms with Gasteiger partial charge in [-0.05, 0) is 38.1 Å². The Bertz CT molecular complexity index is 828. The molecule has 148 valence electrons. The molecule has 7 heteroatoms. The third kappa shape index (κ3) is 4.79. The third-order valence-electron chi connectivity index (χ3n) is 4.57. The highest BCUT2D eigenvalue weighted by molar-refractivity contribution is 6.03. The highest BCUT2D eigenvalue weighted by atomic mass is 16.5. The molecule has 28 heavy (non-hydrogen) atoms. The van der Waals surface area contributed by atoms with Crippen molar-refractivity contribution in [3.8, 4) is 5.75 Å². The molecule has 1 aliphatic heterocycles. The van der Waals surface area contributed by atoms with E-state index in [1.165, 1.54) is 0 Å². The molecule has 1 saturated heterocycles. The van der Waals surface area contributed by atoms with Crippen LogP contribution in [0.1, 0.15) is 31.3 Å². The van der Waals surface area contributed by atoms with Gasteiger partial charge in [0.1, 0.15) is 11.4 Å². The van der Waals surface area contributed by atoms with Crippen molar-refractivity contribution < 1.29 is 14.3 Å². The average molecular weight is 382 g/mol. The number of rotatable bonds is 5. The summed E-state index contributed by atoms with van der Waals surface area (Å²) in [6, 6.07) is 11.0. The molecule has 2 amide bonds. The van der Waals surface area contributed by atoms with Crippen LogP contribution in [0.4, 0.5) is 11.4 Å². The maximum absolute atomic E-state index is 12.6. The number of ether oxygens (including phenoxy) is 1. The van der Waals surface area contributed by atoms with Crippen LogP contribution in [0.3, 0.4) is 0 Å². The van der Waals surface area contributed by atoms with Crippen LogP contribution in [0.5, 0.6) is 5.75 Å². The Labute approximate surface area is 165 Å². The number of para-hydroxylation sites is 2. The van der Waals surface area contributed by atoms with Crippen molar-refractivity contribution in [3.05, 3.63) is 48.3 Å². The zero-order valence-corrected chi connectivity index (χ0v) is 16.5. The summed E-state index contributed by atoms with van der Waals surface area (Å²) in [7, 11) is 0. The molecule has 2 aromatic rings. The molecule has 1 N–H and O–H groups in total. The molecule has 1 aliphatic rings. The first-order valence-corrected chi connectivity index (χ1v) is 9.47. The number of aromatic nitrogens is 1. The van der Waals surface area contributed by atoms with Gasteiger partial charge in [-0.2, -0.15) is 0 Å². The highest BCUT2D eigenvalue weighted by Gasteiger charge is 2.19. The molecule has 3 rings (SSSR count). The predicted octanol–water partition coefficient (Wildman–Crippen LogP) is 2.79. The lowest BCUT2D eigenvalue weighted by Gasteiger charge is -2.35. The summed E-state index contributed by atoms with van der Waals surface area (Å²) in [5.41, 5.74) is 1.90. The van der Waals surface area contributed by atoms with Crippen molar-refractivity contribution in [1.29, 1.82) is 0 Å². The summed E-state index contributed by atoms with van der Waals surface area (Å²) in [4.78, 5) is 32.3. The molecule has 0 unspecified atom stereocenters. The molecule has 0 spiro atoms. The minimum Gasteiger partial charge on any atom is -0.489 e. The van der Waals surface area contributed by atoms with E-state index in [0.717, 1.165) is 18.8 Å². The number of hydrogen-bond acceptors (Lipinski definition) is 5. The lowest BCUT2D eigenvalue weighted by molar-refractivity contribution is -0.129. The average Bonchev–Trinajstić information content (AvgIpc) is 2.69. The van der Waals surface area contributed by atoms with Gasteiger partial charge in [-0.15, -0.1) is 0 Å². The summed E-state index contributed by atoms with van der Waals surface area (Å²) in [6.07, 6.45) is 1.72. The van der Waals surface area contributed by atoms with Crippen molar-refractivity contribution in [2.45, 2.75) is 26.9 Å². The molecule has 1 fully saturated rings. The van der Waals surface area contributed by atoms with Gasteiger partial charge < -0.3 is 19.9 Å². The van der Waals surface area contributed by atoms with E-state index in [2.05, 4.69) is 15.2 Å². The van der Waals surface area contributed by atoms with Gasteiger partial charge in [-0.1, -0.05) is 12.1 Å². The smallest absolute Gasteiger partial charge is 0.274 e. The van der Waals surface area contributed by atoms with Gasteiger partial charge in [-0.3, -0.25) is 9.59 Å². The van der Waals surface area contributed by atoms with E-state index in [4.69, 9.17) is 4.74 Å². The number of nitrogens with zero attached hydrogens (tertiary/aromatic N) is 3. The normalized spacial score (nSPS) is 14.1. The van der Waals surface area contributed by atoms with Crippen molar-refractivity contribution in [1.82, 2.24) is 9.88 Å². The van der Waals surface area contributed by atoms with Crippen molar-refractivity contribution >= 4 is 23.2 Å². The Morgan fingerprint density at radius 2 is 1.79 bits per heavy atom. The van der Waals surface area contributed by atoms with Crippen molar-refractivity contribution in [2.75, 3.05) is 36.4 Å². The predicted molar refractivity (Wildman–Crippen MR) is 109 cm³/mol. The largest absolute Gasteiger partial charge is 0.489 e. The Kier molecular flexibility index (Phi) is 6.13. The maximum Gasteiger partial charge on any atom is 0.274 e. The molecule has 0 atom stereocenters. The van der Waals surface area contributed by atoms with Crippen molar-refractivity contribution in [3.63, 3.8) is 0 Å². The summed E-state index contributed by atoms with van der Waals surface area (Å²) < 4.78 is 5.74. The molecule has 0 saturated carbocycles. The summed E-state index contributed by atoms with van der Waals surface area (Å²) >= 11 is 0. The molecule has 1 aromatic heterocycles. The van der Waals surface area contributed by atoms with Gasteiger partial charge in [0.15, 0.2) is 0 Å². The van der Waals surface area contributed by atoms with E-state index < -0.39 is 0 Å². The van der Waals surface area contributed by atoms with Crippen LogP contribution in [0.15, 0.2) is 42.6 Å². The number of benzene rings is 1. The SMILES string of the molecule is CC(=O)N1CCN(c2ccc(C(=O)Nc3ccccc3OC(C)C)nc2)CC1. The molecular formula is C21H26N4O3. The minimum atomic E-state index is -0.284. The van der Waals surface area contributed by atoms with E-state index in [1.54, 1.807) is 25.3 Å². The number of nitrogens with one attached hydrogen (secondary N) is 1. The Morgan fingerprint density at radius 1 is 1.07 bits per heavy atom. The topological polar surface area (TPSA) is 74.8 Å². The molecule has 0 bridgehead atoms. The number of anilines is 2. The van der Waals surface area contributed by atoms with Crippen LogP contribution < -0.4 is 15.0 Å². The number of carbonyl (C=O) groups is 2. The monoisotopic (exact) mass is 382 g/mol. The molecule has 7 nitrogen and oxygen atoms in total. The quantitative estimate of drug-likeness (QED) is 0.861. The van der Waals surface area contributed by atoms with Crippen LogP contribution in [0.25, 0.3) is 0 Å². The first kappa shape index (κ1) is 19.7. The number of hydrogen-bond donors (Lipinski definition) is 1. The Hall–Kier alpha value is -3.09. The minimum absolute atomic E-state index is 0.0129. The zero-order valence-electron chi connectivity index (χ0n) is 16.5. The van der Waals surface area contributed by atoms with Crippen LogP contribution in [-0.4, -0.2) is 54.0 Å². The number of pyridine rings is 1. The first-order valence-electron chi connectivity index (χ1n) is 9.47. The van der Waals surface area contributed by atoms with Crippen LogP contribution in [-0.2, 0) is 4.79 Å². The van der Waals surface area contributed by atoms with Crippen LogP contribution in [0.2, 0.25) is 0 Å². The second-order valence-electron chi connectivity index (χ2n) is 7.01. The lowest BCUT2D eigenvalue weighted by Crippen LogP contribution is -2.48. The number of carbonyl (C=O) groups excluding carboxylic acids is 2. The highest BCUT2D eigenvalue weighted by Crippen LogP contribution is 2.25. The van der Waals surface area contributed by atoms with Gasteiger partial charge in [-0.25, -0.2) is 4.98 Å². The molecule has 0 radical (unpaired) electrons. The zero-order chi connectivity index (χ0) is 20.1. The van der Waals surface area contributed by atoms with Gasteiger partial charge >= 0.3 is 0 Å². The second-order valence-corrected chi connectivity index (χ2v) is 7.01.